The van der Waals surface area contributed by atoms with Gasteiger partial charge in [-0.05, 0) is 36.1 Å². The Kier molecular flexibility index (Phi) is 5.21. The summed E-state index contributed by atoms with van der Waals surface area (Å²) in [5.74, 6) is 0.479. The maximum absolute atomic E-state index is 10.6. The molecule has 4 heteroatoms. The van der Waals surface area contributed by atoms with Crippen LogP contribution in [0.3, 0.4) is 0 Å². The van der Waals surface area contributed by atoms with E-state index in [1.165, 1.54) is 0 Å². The molecule has 0 bridgehead atoms. The summed E-state index contributed by atoms with van der Waals surface area (Å²) in [4.78, 5) is 12.6. The molecule has 0 aliphatic heterocycles. The molecule has 0 amide bonds. The number of nitrogens with zero attached hydrogens (tertiary/aromatic N) is 1. The molecule has 0 spiro atoms. The van der Waals surface area contributed by atoms with Gasteiger partial charge in [-0.2, -0.15) is 0 Å². The van der Waals surface area contributed by atoms with Gasteiger partial charge in [0.15, 0.2) is 0 Å². The third kappa shape index (κ3) is 3.88. The van der Waals surface area contributed by atoms with Crippen LogP contribution in [0, 0.1) is 6.92 Å². The molecule has 0 radical (unpaired) electrons. The SMILES string of the molecule is COc1cc(C)c(N(C)CCC(=O)O)cc1C(C)C. The van der Waals surface area contributed by atoms with Gasteiger partial charge in [-0.15, -0.1) is 0 Å². The highest BCUT2D eigenvalue weighted by Gasteiger charge is 2.14. The largest absolute Gasteiger partial charge is 0.496 e. The topological polar surface area (TPSA) is 49.8 Å². The first-order valence-electron chi connectivity index (χ1n) is 6.48. The van der Waals surface area contributed by atoms with E-state index in [9.17, 15) is 4.79 Å². The second-order valence-corrected chi connectivity index (χ2v) is 5.10. The number of methoxy groups -OCH3 is 1. The Morgan fingerprint density at radius 1 is 1.42 bits per heavy atom. The van der Waals surface area contributed by atoms with Crippen LogP contribution in [0.5, 0.6) is 5.75 Å². The summed E-state index contributed by atoms with van der Waals surface area (Å²) in [5, 5.41) is 8.76. The number of carboxylic acids is 1. The molecule has 0 unspecified atom stereocenters. The van der Waals surface area contributed by atoms with Gasteiger partial charge in [0.05, 0.1) is 13.5 Å². The van der Waals surface area contributed by atoms with E-state index in [2.05, 4.69) is 19.9 Å². The highest BCUT2D eigenvalue weighted by atomic mass is 16.5. The first-order chi connectivity index (χ1) is 8.86. The second-order valence-electron chi connectivity index (χ2n) is 5.10. The minimum Gasteiger partial charge on any atom is -0.496 e. The highest BCUT2D eigenvalue weighted by Crippen LogP contribution is 2.33. The summed E-state index contributed by atoms with van der Waals surface area (Å²) in [5.41, 5.74) is 3.30. The zero-order chi connectivity index (χ0) is 14.6. The number of carboxylic acid groups (broad SMARTS) is 1. The van der Waals surface area contributed by atoms with Crippen LogP contribution in [0.15, 0.2) is 12.1 Å². The summed E-state index contributed by atoms with van der Waals surface area (Å²) in [6.07, 6.45) is 0.138. The molecule has 0 aliphatic carbocycles. The van der Waals surface area contributed by atoms with Crippen LogP contribution >= 0.6 is 0 Å². The number of benzene rings is 1. The molecule has 1 aromatic rings. The van der Waals surface area contributed by atoms with Crippen LogP contribution < -0.4 is 9.64 Å². The van der Waals surface area contributed by atoms with Gasteiger partial charge in [0.25, 0.3) is 0 Å². The van der Waals surface area contributed by atoms with Crippen LogP contribution in [0.1, 0.15) is 37.3 Å². The molecule has 0 saturated carbocycles. The van der Waals surface area contributed by atoms with Crippen molar-refractivity contribution in [1.29, 1.82) is 0 Å². The van der Waals surface area contributed by atoms with E-state index < -0.39 is 5.97 Å². The number of anilines is 1. The number of hydrogen-bond donors (Lipinski definition) is 1. The Morgan fingerprint density at radius 3 is 2.53 bits per heavy atom. The van der Waals surface area contributed by atoms with Crippen molar-refractivity contribution in [2.75, 3.05) is 25.6 Å². The quantitative estimate of drug-likeness (QED) is 0.859. The number of ether oxygens (including phenoxy) is 1. The van der Waals surface area contributed by atoms with E-state index in [0.717, 1.165) is 22.6 Å². The monoisotopic (exact) mass is 265 g/mol. The zero-order valence-electron chi connectivity index (χ0n) is 12.4. The fourth-order valence-electron chi connectivity index (χ4n) is 2.11. The zero-order valence-corrected chi connectivity index (χ0v) is 12.4. The number of aryl methyl sites for hydroxylation is 1. The third-order valence-electron chi connectivity index (χ3n) is 3.24. The lowest BCUT2D eigenvalue weighted by Crippen LogP contribution is -2.22. The van der Waals surface area contributed by atoms with E-state index in [1.807, 2.05) is 24.9 Å². The minimum atomic E-state index is -0.776. The van der Waals surface area contributed by atoms with Crippen molar-refractivity contribution in [3.05, 3.63) is 23.3 Å². The van der Waals surface area contributed by atoms with E-state index in [4.69, 9.17) is 9.84 Å². The van der Waals surface area contributed by atoms with Crippen molar-refractivity contribution < 1.29 is 14.6 Å². The smallest absolute Gasteiger partial charge is 0.305 e. The lowest BCUT2D eigenvalue weighted by Gasteiger charge is -2.23. The molecular formula is C15H23NO3. The Balaban J connectivity index is 3.06. The van der Waals surface area contributed by atoms with Gasteiger partial charge in [-0.3, -0.25) is 4.79 Å². The predicted molar refractivity (Wildman–Crippen MR) is 77.3 cm³/mol. The summed E-state index contributed by atoms with van der Waals surface area (Å²) in [6.45, 7) is 6.75. The average molecular weight is 265 g/mol. The van der Waals surface area contributed by atoms with Crippen LogP contribution in [0.4, 0.5) is 5.69 Å². The van der Waals surface area contributed by atoms with Crippen molar-refractivity contribution in [3.63, 3.8) is 0 Å². The summed E-state index contributed by atoms with van der Waals surface area (Å²) in [7, 11) is 3.59. The maximum Gasteiger partial charge on any atom is 0.305 e. The molecule has 0 aromatic heterocycles. The Labute approximate surface area is 115 Å². The van der Waals surface area contributed by atoms with E-state index in [1.54, 1.807) is 7.11 Å². The van der Waals surface area contributed by atoms with Gasteiger partial charge in [-0.25, -0.2) is 0 Å². The van der Waals surface area contributed by atoms with Gasteiger partial charge in [0.1, 0.15) is 5.75 Å². The molecule has 0 atom stereocenters. The molecule has 1 rings (SSSR count). The molecule has 1 N–H and O–H groups in total. The lowest BCUT2D eigenvalue weighted by atomic mass is 9.98. The van der Waals surface area contributed by atoms with E-state index >= 15 is 0 Å². The molecular weight excluding hydrogens is 242 g/mol. The maximum atomic E-state index is 10.6. The van der Waals surface area contributed by atoms with Crippen molar-refractivity contribution in [2.24, 2.45) is 0 Å². The Bertz CT molecular complexity index is 455. The Morgan fingerprint density at radius 2 is 2.05 bits per heavy atom. The van der Waals surface area contributed by atoms with Gasteiger partial charge >= 0.3 is 5.97 Å². The molecule has 106 valence electrons. The Hall–Kier alpha value is -1.71. The van der Waals surface area contributed by atoms with E-state index in [0.29, 0.717) is 12.5 Å². The van der Waals surface area contributed by atoms with Gasteiger partial charge in [0.2, 0.25) is 0 Å². The third-order valence-corrected chi connectivity index (χ3v) is 3.24. The first kappa shape index (κ1) is 15.3. The lowest BCUT2D eigenvalue weighted by molar-refractivity contribution is -0.136. The molecule has 0 heterocycles. The van der Waals surface area contributed by atoms with Gasteiger partial charge in [-0.1, -0.05) is 13.8 Å². The second kappa shape index (κ2) is 6.45. The van der Waals surface area contributed by atoms with Crippen molar-refractivity contribution in [2.45, 2.75) is 33.1 Å². The van der Waals surface area contributed by atoms with Gasteiger partial charge < -0.3 is 14.7 Å². The number of aliphatic carboxylic acids is 1. The highest BCUT2D eigenvalue weighted by molar-refractivity contribution is 5.68. The van der Waals surface area contributed by atoms with Gasteiger partial charge in [0, 0.05) is 19.3 Å². The number of carbonyl (C=O) groups is 1. The molecule has 0 fully saturated rings. The minimum absolute atomic E-state index is 0.138. The fraction of sp³-hybridized carbons (Fsp3) is 0.533. The molecule has 1 aromatic carbocycles. The number of hydrogen-bond acceptors (Lipinski definition) is 3. The van der Waals surface area contributed by atoms with Crippen molar-refractivity contribution in [3.8, 4) is 5.75 Å². The van der Waals surface area contributed by atoms with Crippen molar-refractivity contribution in [1.82, 2.24) is 0 Å². The summed E-state index contributed by atoms with van der Waals surface area (Å²) in [6, 6.07) is 4.11. The van der Waals surface area contributed by atoms with Crippen molar-refractivity contribution >= 4 is 11.7 Å². The predicted octanol–water partition coefficient (Wildman–Crippen LogP) is 3.04. The van der Waals surface area contributed by atoms with E-state index in [-0.39, 0.29) is 6.42 Å². The average Bonchev–Trinajstić information content (AvgIpc) is 2.34. The molecule has 0 aliphatic rings. The molecule has 4 nitrogen and oxygen atoms in total. The number of rotatable bonds is 6. The summed E-state index contributed by atoms with van der Waals surface area (Å²) >= 11 is 0. The normalized spacial score (nSPS) is 10.6. The standard InChI is InChI=1S/C15H23NO3/c1-10(2)12-9-13(11(3)8-14(12)19-5)16(4)7-6-15(17)18/h8-10H,6-7H2,1-5H3,(H,17,18). The first-order valence-corrected chi connectivity index (χ1v) is 6.48. The summed E-state index contributed by atoms with van der Waals surface area (Å²) < 4.78 is 5.41. The van der Waals surface area contributed by atoms with Crippen LogP contribution in [0.2, 0.25) is 0 Å². The van der Waals surface area contributed by atoms with Crippen LogP contribution in [-0.4, -0.2) is 31.8 Å². The molecule has 0 saturated heterocycles. The van der Waals surface area contributed by atoms with Crippen LogP contribution in [-0.2, 0) is 4.79 Å². The fourth-order valence-corrected chi connectivity index (χ4v) is 2.11. The van der Waals surface area contributed by atoms with Crippen LogP contribution in [0.25, 0.3) is 0 Å². The molecule has 19 heavy (non-hydrogen) atoms.